The van der Waals surface area contributed by atoms with E-state index in [9.17, 15) is 9.90 Å². The largest absolute Gasteiger partial charge is 0.507 e. The van der Waals surface area contributed by atoms with Gasteiger partial charge in [0.1, 0.15) is 11.5 Å². The predicted octanol–water partition coefficient (Wildman–Crippen LogP) is 4.19. The third-order valence-electron chi connectivity index (χ3n) is 3.96. The lowest BCUT2D eigenvalue weighted by atomic mass is 9.99. The van der Waals surface area contributed by atoms with Crippen LogP contribution in [0.3, 0.4) is 0 Å². The van der Waals surface area contributed by atoms with Crippen LogP contribution in [0.4, 0.5) is 0 Å². The van der Waals surface area contributed by atoms with Gasteiger partial charge in [-0.15, -0.1) is 0 Å². The van der Waals surface area contributed by atoms with E-state index in [1.165, 1.54) is 0 Å². The molecule has 2 aromatic rings. The summed E-state index contributed by atoms with van der Waals surface area (Å²) in [6.07, 6.45) is 3.37. The van der Waals surface area contributed by atoms with Gasteiger partial charge in [0.2, 0.25) is 0 Å². The molecule has 2 aromatic carbocycles. The quantitative estimate of drug-likeness (QED) is 0.864. The van der Waals surface area contributed by atoms with Crippen LogP contribution < -0.4 is 0 Å². The molecule has 112 valence electrons. The van der Waals surface area contributed by atoms with Gasteiger partial charge in [-0.25, -0.2) is 4.79 Å². The second-order valence-electron chi connectivity index (χ2n) is 5.34. The van der Waals surface area contributed by atoms with E-state index in [4.69, 9.17) is 4.74 Å². The number of ether oxygens (including phenoxy) is 1. The highest BCUT2D eigenvalue weighted by Gasteiger charge is 2.25. The lowest BCUT2D eigenvalue weighted by Crippen LogP contribution is -1.93. The fourth-order valence-corrected chi connectivity index (χ4v) is 2.75. The number of aryl methyl sites for hydroxylation is 2. The van der Waals surface area contributed by atoms with Crippen molar-refractivity contribution in [3.8, 4) is 5.75 Å². The van der Waals surface area contributed by atoms with Gasteiger partial charge in [0.25, 0.3) is 0 Å². The van der Waals surface area contributed by atoms with E-state index in [1.54, 1.807) is 6.07 Å². The Morgan fingerprint density at radius 2 is 1.64 bits per heavy atom. The molecule has 1 aliphatic rings. The zero-order valence-corrected chi connectivity index (χ0v) is 12.7. The first-order valence-electron chi connectivity index (χ1n) is 7.52. The van der Waals surface area contributed by atoms with Gasteiger partial charge in [-0.05, 0) is 53.8 Å². The van der Waals surface area contributed by atoms with E-state index in [2.05, 4.69) is 0 Å². The van der Waals surface area contributed by atoms with Gasteiger partial charge in [0.15, 0.2) is 0 Å². The van der Waals surface area contributed by atoms with E-state index in [0.29, 0.717) is 17.1 Å². The van der Waals surface area contributed by atoms with Gasteiger partial charge in [-0.1, -0.05) is 32.0 Å². The SMILES string of the molecule is CCc1cc(C=C2OC(=O)c3ccccc32)cc(CC)c1O. The summed E-state index contributed by atoms with van der Waals surface area (Å²) in [5.41, 5.74) is 4.16. The summed E-state index contributed by atoms with van der Waals surface area (Å²) in [5.74, 6) is 0.624. The number of esters is 1. The molecule has 0 spiro atoms. The molecule has 1 N–H and O–H groups in total. The summed E-state index contributed by atoms with van der Waals surface area (Å²) in [5, 5.41) is 10.2. The number of hydrogen-bond donors (Lipinski definition) is 1. The van der Waals surface area contributed by atoms with Crippen molar-refractivity contribution in [1.82, 2.24) is 0 Å². The minimum atomic E-state index is -0.313. The van der Waals surface area contributed by atoms with Crippen LogP contribution in [0.2, 0.25) is 0 Å². The molecule has 0 aliphatic carbocycles. The fraction of sp³-hybridized carbons (Fsp3) is 0.211. The van der Waals surface area contributed by atoms with Crippen LogP contribution in [0.15, 0.2) is 36.4 Å². The van der Waals surface area contributed by atoms with E-state index in [1.807, 2.05) is 50.3 Å². The third kappa shape index (κ3) is 2.39. The van der Waals surface area contributed by atoms with Crippen molar-refractivity contribution < 1.29 is 14.6 Å². The monoisotopic (exact) mass is 294 g/mol. The molecule has 0 atom stereocenters. The number of carbonyl (C=O) groups is 1. The first-order valence-corrected chi connectivity index (χ1v) is 7.52. The molecule has 1 heterocycles. The number of aromatic hydroxyl groups is 1. The number of phenols is 1. The van der Waals surface area contributed by atoms with Crippen LogP contribution in [-0.4, -0.2) is 11.1 Å². The van der Waals surface area contributed by atoms with Crippen molar-refractivity contribution in [2.45, 2.75) is 26.7 Å². The van der Waals surface area contributed by atoms with Gasteiger partial charge >= 0.3 is 5.97 Å². The Labute approximate surface area is 129 Å². The standard InChI is InChI=1S/C19H18O3/c1-3-13-9-12(10-14(4-2)18(13)20)11-17-15-7-5-6-8-16(15)19(21)22-17/h5-11,20H,3-4H2,1-2H3. The molecule has 0 radical (unpaired) electrons. The number of phenolic OH excluding ortho intramolecular Hbond substituents is 1. The Morgan fingerprint density at radius 1 is 1.05 bits per heavy atom. The average molecular weight is 294 g/mol. The Kier molecular flexibility index (Phi) is 3.72. The molecule has 0 amide bonds. The summed E-state index contributed by atoms with van der Waals surface area (Å²) < 4.78 is 5.37. The highest BCUT2D eigenvalue weighted by molar-refractivity contribution is 6.05. The average Bonchev–Trinajstić information content (AvgIpc) is 2.85. The van der Waals surface area contributed by atoms with Crippen molar-refractivity contribution in [2.75, 3.05) is 0 Å². The molecule has 3 heteroatoms. The zero-order chi connectivity index (χ0) is 15.7. The summed E-state index contributed by atoms with van der Waals surface area (Å²) in [6.45, 7) is 4.02. The predicted molar refractivity (Wildman–Crippen MR) is 86.6 cm³/mol. The van der Waals surface area contributed by atoms with Crippen molar-refractivity contribution in [2.24, 2.45) is 0 Å². The molecular weight excluding hydrogens is 276 g/mol. The second kappa shape index (κ2) is 5.68. The molecule has 0 bridgehead atoms. The molecule has 0 fully saturated rings. The molecule has 1 aliphatic heterocycles. The number of benzene rings is 2. The maximum atomic E-state index is 11.9. The van der Waals surface area contributed by atoms with Gasteiger partial charge < -0.3 is 9.84 Å². The first-order chi connectivity index (χ1) is 10.6. The van der Waals surface area contributed by atoms with Crippen LogP contribution >= 0.6 is 0 Å². The summed E-state index contributed by atoms with van der Waals surface area (Å²) in [6, 6.07) is 11.2. The highest BCUT2D eigenvalue weighted by atomic mass is 16.5. The normalized spacial score (nSPS) is 15.0. The van der Waals surface area contributed by atoms with Crippen molar-refractivity contribution in [1.29, 1.82) is 0 Å². The number of rotatable bonds is 3. The van der Waals surface area contributed by atoms with Crippen molar-refractivity contribution in [3.63, 3.8) is 0 Å². The summed E-state index contributed by atoms with van der Waals surface area (Å²) >= 11 is 0. The Bertz CT molecular complexity index is 747. The smallest absolute Gasteiger partial charge is 0.344 e. The third-order valence-corrected chi connectivity index (χ3v) is 3.96. The number of fused-ring (bicyclic) bond motifs is 1. The Hall–Kier alpha value is -2.55. The highest BCUT2D eigenvalue weighted by Crippen LogP contribution is 2.33. The first kappa shape index (κ1) is 14.4. The molecule has 3 rings (SSSR count). The number of cyclic esters (lactones) is 1. The number of hydrogen-bond acceptors (Lipinski definition) is 3. The molecule has 3 nitrogen and oxygen atoms in total. The van der Waals surface area contributed by atoms with Gasteiger partial charge in [-0.3, -0.25) is 0 Å². The molecule has 0 aromatic heterocycles. The molecule has 0 saturated carbocycles. The lowest BCUT2D eigenvalue weighted by molar-refractivity contribution is 0.0717. The fourth-order valence-electron chi connectivity index (χ4n) is 2.75. The van der Waals surface area contributed by atoms with Crippen LogP contribution in [0.1, 0.15) is 46.5 Å². The maximum absolute atomic E-state index is 11.9. The summed E-state index contributed by atoms with van der Waals surface area (Å²) in [4.78, 5) is 11.9. The molecule has 0 unspecified atom stereocenters. The van der Waals surface area contributed by atoms with Crippen LogP contribution in [0.25, 0.3) is 11.8 Å². The van der Waals surface area contributed by atoms with Crippen molar-refractivity contribution >= 4 is 17.8 Å². The molecule has 22 heavy (non-hydrogen) atoms. The lowest BCUT2D eigenvalue weighted by Gasteiger charge is -2.09. The van der Waals surface area contributed by atoms with Gasteiger partial charge in [-0.2, -0.15) is 0 Å². The molecule has 0 saturated heterocycles. The zero-order valence-electron chi connectivity index (χ0n) is 12.7. The van der Waals surface area contributed by atoms with Gasteiger partial charge in [0.05, 0.1) is 5.56 Å². The molecular formula is C19H18O3. The maximum Gasteiger partial charge on any atom is 0.344 e. The van der Waals surface area contributed by atoms with Crippen LogP contribution in [0.5, 0.6) is 5.75 Å². The Balaban J connectivity index is 2.09. The topological polar surface area (TPSA) is 46.5 Å². The van der Waals surface area contributed by atoms with Crippen molar-refractivity contribution in [3.05, 3.63) is 64.2 Å². The van der Waals surface area contributed by atoms with E-state index in [-0.39, 0.29) is 5.97 Å². The second-order valence-corrected chi connectivity index (χ2v) is 5.34. The minimum absolute atomic E-state index is 0.313. The van der Waals surface area contributed by atoms with E-state index >= 15 is 0 Å². The van der Waals surface area contributed by atoms with E-state index < -0.39 is 0 Å². The minimum Gasteiger partial charge on any atom is -0.507 e. The van der Waals surface area contributed by atoms with Crippen LogP contribution in [-0.2, 0) is 17.6 Å². The number of carbonyl (C=O) groups excluding carboxylic acids is 1. The van der Waals surface area contributed by atoms with Crippen LogP contribution in [0, 0.1) is 0 Å². The summed E-state index contributed by atoms with van der Waals surface area (Å²) in [7, 11) is 0. The Morgan fingerprint density at radius 3 is 2.23 bits per heavy atom. The van der Waals surface area contributed by atoms with Gasteiger partial charge in [0, 0.05) is 5.56 Å². The van der Waals surface area contributed by atoms with E-state index in [0.717, 1.165) is 35.1 Å².